The Hall–Kier alpha value is -1.42. The molecule has 0 unspecified atom stereocenters. The van der Waals surface area contributed by atoms with Crippen LogP contribution in [0.25, 0.3) is 0 Å². The summed E-state index contributed by atoms with van der Waals surface area (Å²) in [7, 11) is 3.26. The number of nitrogens with two attached hydrogens (primary N) is 1. The second-order valence-corrected chi connectivity index (χ2v) is 4.80. The van der Waals surface area contributed by atoms with Crippen LogP contribution in [0.3, 0.4) is 0 Å². The van der Waals surface area contributed by atoms with Crippen LogP contribution in [0.15, 0.2) is 12.1 Å². The zero-order valence-electron chi connectivity index (χ0n) is 12.9. The molecule has 20 heavy (non-hydrogen) atoms. The molecule has 0 amide bonds. The van der Waals surface area contributed by atoms with Crippen molar-refractivity contribution in [1.29, 1.82) is 0 Å². The lowest BCUT2D eigenvalue weighted by molar-refractivity contribution is 0.267. The molecule has 0 heterocycles. The van der Waals surface area contributed by atoms with Crippen LogP contribution < -0.4 is 19.9 Å². The van der Waals surface area contributed by atoms with Gasteiger partial charge in [0.25, 0.3) is 0 Å². The Bertz CT molecular complexity index is 368. The first-order chi connectivity index (χ1) is 9.76. The Balaban J connectivity index is 2.63. The molecule has 1 aromatic carbocycles. The third kappa shape index (κ3) is 4.93. The van der Waals surface area contributed by atoms with Crippen molar-refractivity contribution in [2.45, 2.75) is 45.6 Å². The Labute approximate surface area is 122 Å². The summed E-state index contributed by atoms with van der Waals surface area (Å²) in [5.74, 6) is 2.03. The SMILES string of the molecule is CCCCCCCOc1c(OC)cc(CN)cc1OC. The third-order valence-corrected chi connectivity index (χ3v) is 3.25. The molecule has 0 saturated carbocycles. The highest BCUT2D eigenvalue weighted by Crippen LogP contribution is 2.38. The second-order valence-electron chi connectivity index (χ2n) is 4.80. The summed E-state index contributed by atoms with van der Waals surface area (Å²) in [5.41, 5.74) is 6.63. The minimum Gasteiger partial charge on any atom is -0.493 e. The van der Waals surface area contributed by atoms with Gasteiger partial charge in [-0.25, -0.2) is 0 Å². The summed E-state index contributed by atoms with van der Waals surface area (Å²) in [6, 6.07) is 3.80. The maximum absolute atomic E-state index is 5.84. The van der Waals surface area contributed by atoms with Crippen LogP contribution in [0.5, 0.6) is 17.2 Å². The molecule has 4 nitrogen and oxygen atoms in total. The molecule has 0 bridgehead atoms. The van der Waals surface area contributed by atoms with Gasteiger partial charge in [-0.05, 0) is 24.1 Å². The van der Waals surface area contributed by atoms with Crippen LogP contribution in [0.4, 0.5) is 0 Å². The first-order valence-corrected chi connectivity index (χ1v) is 7.34. The Morgan fingerprint density at radius 1 is 0.950 bits per heavy atom. The maximum atomic E-state index is 5.84. The van der Waals surface area contributed by atoms with Crippen molar-refractivity contribution < 1.29 is 14.2 Å². The zero-order chi connectivity index (χ0) is 14.8. The average Bonchev–Trinajstić information content (AvgIpc) is 2.50. The number of ether oxygens (including phenoxy) is 3. The fraction of sp³-hybridized carbons (Fsp3) is 0.625. The summed E-state index contributed by atoms with van der Waals surface area (Å²) in [4.78, 5) is 0. The summed E-state index contributed by atoms with van der Waals surface area (Å²) >= 11 is 0. The van der Waals surface area contributed by atoms with Crippen LogP contribution in [0.1, 0.15) is 44.6 Å². The van der Waals surface area contributed by atoms with E-state index in [9.17, 15) is 0 Å². The summed E-state index contributed by atoms with van der Waals surface area (Å²) in [6.45, 7) is 3.34. The molecule has 0 atom stereocenters. The van der Waals surface area contributed by atoms with E-state index >= 15 is 0 Å². The van der Waals surface area contributed by atoms with E-state index in [1.807, 2.05) is 12.1 Å². The van der Waals surface area contributed by atoms with Crippen molar-refractivity contribution in [2.75, 3.05) is 20.8 Å². The molecule has 0 spiro atoms. The monoisotopic (exact) mass is 281 g/mol. The van der Waals surface area contributed by atoms with Gasteiger partial charge in [0.2, 0.25) is 5.75 Å². The summed E-state index contributed by atoms with van der Waals surface area (Å²) < 4.78 is 16.6. The van der Waals surface area contributed by atoms with Crippen LogP contribution in [0, 0.1) is 0 Å². The van der Waals surface area contributed by atoms with Crippen molar-refractivity contribution in [1.82, 2.24) is 0 Å². The lowest BCUT2D eigenvalue weighted by atomic mass is 10.1. The van der Waals surface area contributed by atoms with Gasteiger partial charge in [0.05, 0.1) is 20.8 Å². The zero-order valence-corrected chi connectivity index (χ0v) is 12.9. The molecule has 0 aliphatic rings. The number of methoxy groups -OCH3 is 2. The average molecular weight is 281 g/mol. The highest BCUT2D eigenvalue weighted by atomic mass is 16.5. The van der Waals surface area contributed by atoms with Gasteiger partial charge < -0.3 is 19.9 Å². The van der Waals surface area contributed by atoms with Gasteiger partial charge in [0.1, 0.15) is 0 Å². The van der Waals surface area contributed by atoms with Gasteiger partial charge in [-0.1, -0.05) is 32.6 Å². The molecule has 2 N–H and O–H groups in total. The maximum Gasteiger partial charge on any atom is 0.203 e. The predicted molar refractivity (Wildman–Crippen MR) is 81.7 cm³/mol. The van der Waals surface area contributed by atoms with Gasteiger partial charge >= 0.3 is 0 Å². The molecule has 0 radical (unpaired) electrons. The Morgan fingerprint density at radius 3 is 2.05 bits per heavy atom. The van der Waals surface area contributed by atoms with Crippen molar-refractivity contribution >= 4 is 0 Å². The standard InChI is InChI=1S/C16H27NO3/c1-4-5-6-7-8-9-20-16-14(18-2)10-13(12-17)11-15(16)19-3/h10-11H,4-9,12,17H2,1-3H3. The summed E-state index contributed by atoms with van der Waals surface area (Å²) in [5, 5.41) is 0. The Kier molecular flexibility index (Phi) is 7.88. The molecule has 0 saturated heterocycles. The molecule has 0 aliphatic heterocycles. The lowest BCUT2D eigenvalue weighted by Gasteiger charge is -2.15. The number of hydrogen-bond donors (Lipinski definition) is 1. The van der Waals surface area contributed by atoms with Crippen LogP contribution in [-0.4, -0.2) is 20.8 Å². The molecule has 0 aliphatic carbocycles. The molecule has 114 valence electrons. The van der Waals surface area contributed by atoms with E-state index in [2.05, 4.69) is 6.92 Å². The molecule has 1 rings (SSSR count). The van der Waals surface area contributed by atoms with Crippen LogP contribution in [0.2, 0.25) is 0 Å². The molecule has 0 fully saturated rings. The van der Waals surface area contributed by atoms with Gasteiger partial charge in [0, 0.05) is 6.54 Å². The minimum atomic E-state index is 0.448. The molecular formula is C16H27NO3. The molecule has 0 aromatic heterocycles. The van der Waals surface area contributed by atoms with E-state index < -0.39 is 0 Å². The van der Waals surface area contributed by atoms with Crippen LogP contribution >= 0.6 is 0 Å². The third-order valence-electron chi connectivity index (χ3n) is 3.25. The topological polar surface area (TPSA) is 53.7 Å². The summed E-state index contributed by atoms with van der Waals surface area (Å²) in [6.07, 6.45) is 6.05. The highest BCUT2D eigenvalue weighted by molar-refractivity contribution is 5.53. The molecular weight excluding hydrogens is 254 g/mol. The molecule has 4 heteroatoms. The predicted octanol–water partition coefficient (Wildman–Crippen LogP) is 3.51. The van der Waals surface area contributed by atoms with Gasteiger partial charge in [-0.2, -0.15) is 0 Å². The fourth-order valence-corrected chi connectivity index (χ4v) is 2.07. The number of benzene rings is 1. The minimum absolute atomic E-state index is 0.448. The number of hydrogen-bond acceptors (Lipinski definition) is 4. The largest absolute Gasteiger partial charge is 0.493 e. The van der Waals surface area contributed by atoms with E-state index in [1.54, 1.807) is 14.2 Å². The number of unbranched alkanes of at least 4 members (excludes halogenated alkanes) is 4. The Morgan fingerprint density at radius 2 is 1.55 bits per heavy atom. The fourth-order valence-electron chi connectivity index (χ4n) is 2.07. The van der Waals surface area contributed by atoms with Gasteiger partial charge in [-0.15, -0.1) is 0 Å². The van der Waals surface area contributed by atoms with Crippen LogP contribution in [-0.2, 0) is 6.54 Å². The van der Waals surface area contributed by atoms with Crippen molar-refractivity contribution in [3.05, 3.63) is 17.7 Å². The first kappa shape index (κ1) is 16.6. The van der Waals surface area contributed by atoms with Crippen molar-refractivity contribution in [3.8, 4) is 17.2 Å². The number of rotatable bonds is 10. The smallest absolute Gasteiger partial charge is 0.203 e. The van der Waals surface area contributed by atoms with E-state index in [0.29, 0.717) is 30.4 Å². The van der Waals surface area contributed by atoms with Gasteiger partial charge in [-0.3, -0.25) is 0 Å². The van der Waals surface area contributed by atoms with E-state index in [4.69, 9.17) is 19.9 Å². The lowest BCUT2D eigenvalue weighted by Crippen LogP contribution is -2.04. The highest BCUT2D eigenvalue weighted by Gasteiger charge is 2.13. The van der Waals surface area contributed by atoms with E-state index in [1.165, 1.54) is 25.7 Å². The first-order valence-electron chi connectivity index (χ1n) is 7.34. The molecule has 1 aromatic rings. The quantitative estimate of drug-likeness (QED) is 0.667. The second kappa shape index (κ2) is 9.48. The van der Waals surface area contributed by atoms with Crippen molar-refractivity contribution in [2.24, 2.45) is 5.73 Å². The van der Waals surface area contributed by atoms with Crippen molar-refractivity contribution in [3.63, 3.8) is 0 Å². The van der Waals surface area contributed by atoms with E-state index in [-0.39, 0.29) is 0 Å². The van der Waals surface area contributed by atoms with Gasteiger partial charge in [0.15, 0.2) is 11.5 Å². The normalized spacial score (nSPS) is 10.4. The van der Waals surface area contributed by atoms with E-state index in [0.717, 1.165) is 12.0 Å².